The smallest absolute Gasteiger partial charge is 0.122 e. The van der Waals surface area contributed by atoms with Crippen molar-refractivity contribution in [1.29, 1.82) is 0 Å². The molecule has 1 aliphatic carbocycles. The lowest BCUT2D eigenvalue weighted by molar-refractivity contribution is 0.197. The molecule has 1 aliphatic rings. The van der Waals surface area contributed by atoms with Crippen molar-refractivity contribution < 1.29 is 4.74 Å². The van der Waals surface area contributed by atoms with Crippen molar-refractivity contribution in [3.63, 3.8) is 0 Å². The molecule has 1 heterocycles. The van der Waals surface area contributed by atoms with Crippen LogP contribution in [0.2, 0.25) is 0 Å². The Hall–Kier alpha value is -1.09. The molecule has 19 heavy (non-hydrogen) atoms. The van der Waals surface area contributed by atoms with E-state index in [1.165, 1.54) is 25.7 Å². The van der Waals surface area contributed by atoms with Crippen molar-refractivity contribution in [1.82, 2.24) is 10.3 Å². The van der Waals surface area contributed by atoms with Gasteiger partial charge in [0.2, 0.25) is 0 Å². The lowest BCUT2D eigenvalue weighted by Crippen LogP contribution is -2.37. The van der Waals surface area contributed by atoms with Crippen LogP contribution in [0.5, 0.6) is 5.75 Å². The van der Waals surface area contributed by atoms with Crippen LogP contribution in [0.3, 0.4) is 0 Å². The molecule has 2 rings (SSSR count). The Balaban J connectivity index is 1.93. The summed E-state index contributed by atoms with van der Waals surface area (Å²) in [4.78, 5) is 4.56. The van der Waals surface area contributed by atoms with Crippen LogP contribution >= 0.6 is 0 Å². The molecule has 0 amide bonds. The molecule has 3 heteroatoms. The third kappa shape index (κ3) is 4.20. The summed E-state index contributed by atoms with van der Waals surface area (Å²) in [6.07, 6.45) is 5.22. The van der Waals surface area contributed by atoms with Gasteiger partial charge in [-0.15, -0.1) is 0 Å². The number of ether oxygens (including phenoxy) is 1. The van der Waals surface area contributed by atoms with Gasteiger partial charge in [0.05, 0.1) is 12.8 Å². The summed E-state index contributed by atoms with van der Waals surface area (Å²) in [5.41, 5.74) is 2.56. The topological polar surface area (TPSA) is 34.1 Å². The highest BCUT2D eigenvalue weighted by molar-refractivity contribution is 5.26. The molecule has 0 aromatic carbocycles. The van der Waals surface area contributed by atoms with Crippen molar-refractivity contribution in [3.05, 3.63) is 23.5 Å². The molecule has 1 saturated carbocycles. The maximum Gasteiger partial charge on any atom is 0.122 e. The zero-order valence-electron chi connectivity index (χ0n) is 12.6. The highest BCUT2D eigenvalue weighted by Crippen LogP contribution is 2.35. The van der Waals surface area contributed by atoms with Gasteiger partial charge in [-0.05, 0) is 31.6 Å². The molecular weight excluding hydrogens is 236 g/mol. The molecule has 1 fully saturated rings. The summed E-state index contributed by atoms with van der Waals surface area (Å²) in [5.74, 6) is 0.897. The highest BCUT2D eigenvalue weighted by Gasteiger charge is 2.27. The van der Waals surface area contributed by atoms with Crippen LogP contribution in [0.1, 0.15) is 50.9 Å². The van der Waals surface area contributed by atoms with Crippen LogP contribution in [-0.4, -0.2) is 18.1 Å². The first-order chi connectivity index (χ1) is 8.98. The molecule has 0 spiro atoms. The number of hydrogen-bond donors (Lipinski definition) is 1. The second-order valence-electron chi connectivity index (χ2n) is 6.48. The fraction of sp³-hybridized carbons (Fsp3) is 0.688. The number of methoxy groups -OCH3 is 1. The molecule has 1 atom stereocenters. The van der Waals surface area contributed by atoms with E-state index < -0.39 is 0 Å². The van der Waals surface area contributed by atoms with Crippen molar-refractivity contribution in [2.24, 2.45) is 5.41 Å². The van der Waals surface area contributed by atoms with E-state index in [4.69, 9.17) is 4.74 Å². The van der Waals surface area contributed by atoms with Crippen molar-refractivity contribution >= 4 is 0 Å². The van der Waals surface area contributed by atoms with Crippen molar-refractivity contribution in [2.75, 3.05) is 7.11 Å². The lowest BCUT2D eigenvalue weighted by atomic mass is 9.75. The number of nitrogens with zero attached hydrogens (tertiary/aromatic N) is 1. The second kappa shape index (κ2) is 5.91. The normalized spacial score (nSPS) is 22.2. The van der Waals surface area contributed by atoms with E-state index in [-0.39, 0.29) is 0 Å². The summed E-state index contributed by atoms with van der Waals surface area (Å²) >= 11 is 0. The Kier molecular flexibility index (Phi) is 4.46. The van der Waals surface area contributed by atoms with Gasteiger partial charge in [-0.25, -0.2) is 0 Å². The number of hydrogen-bond acceptors (Lipinski definition) is 3. The number of aryl methyl sites for hydroxylation is 1. The molecule has 1 aromatic rings. The first-order valence-electron chi connectivity index (χ1n) is 7.23. The van der Waals surface area contributed by atoms with E-state index in [0.717, 1.165) is 23.7 Å². The Morgan fingerprint density at radius 3 is 2.89 bits per heavy atom. The minimum atomic E-state index is 0.480. The van der Waals surface area contributed by atoms with Gasteiger partial charge in [-0.3, -0.25) is 4.98 Å². The molecular formula is C16H26N2O. The third-order valence-corrected chi connectivity index (χ3v) is 3.99. The second-order valence-corrected chi connectivity index (χ2v) is 6.48. The first kappa shape index (κ1) is 14.3. The molecule has 106 valence electrons. The quantitative estimate of drug-likeness (QED) is 0.902. The molecule has 1 unspecified atom stereocenters. The third-order valence-electron chi connectivity index (χ3n) is 3.99. The lowest BCUT2D eigenvalue weighted by Gasteiger charge is -2.35. The number of aromatic nitrogens is 1. The van der Waals surface area contributed by atoms with Gasteiger partial charge in [0.15, 0.2) is 0 Å². The number of nitrogens with one attached hydrogen (secondary N) is 1. The van der Waals surface area contributed by atoms with Crippen LogP contribution in [0, 0.1) is 12.3 Å². The van der Waals surface area contributed by atoms with E-state index in [2.05, 4.69) is 24.1 Å². The Morgan fingerprint density at radius 2 is 2.21 bits per heavy atom. The fourth-order valence-electron chi connectivity index (χ4n) is 3.03. The average Bonchev–Trinajstić information content (AvgIpc) is 2.34. The molecule has 0 saturated heterocycles. The number of rotatable bonds is 4. The van der Waals surface area contributed by atoms with Crippen LogP contribution in [-0.2, 0) is 6.54 Å². The monoisotopic (exact) mass is 262 g/mol. The van der Waals surface area contributed by atoms with Gasteiger partial charge >= 0.3 is 0 Å². The summed E-state index contributed by atoms with van der Waals surface area (Å²) in [7, 11) is 1.70. The van der Waals surface area contributed by atoms with Gasteiger partial charge in [0, 0.05) is 30.4 Å². The Morgan fingerprint density at radius 1 is 1.42 bits per heavy atom. The largest absolute Gasteiger partial charge is 0.497 e. The van der Waals surface area contributed by atoms with Crippen molar-refractivity contribution in [2.45, 2.75) is 59.0 Å². The van der Waals surface area contributed by atoms with E-state index >= 15 is 0 Å². The number of pyridine rings is 1. The van der Waals surface area contributed by atoms with E-state index in [0.29, 0.717) is 11.5 Å². The maximum atomic E-state index is 5.29. The first-order valence-corrected chi connectivity index (χ1v) is 7.23. The molecule has 0 radical (unpaired) electrons. The summed E-state index contributed by atoms with van der Waals surface area (Å²) in [6.45, 7) is 7.58. The van der Waals surface area contributed by atoms with Gasteiger partial charge in [-0.2, -0.15) is 0 Å². The minimum absolute atomic E-state index is 0.480. The Bertz CT molecular complexity index is 429. The van der Waals surface area contributed by atoms with E-state index in [1.54, 1.807) is 7.11 Å². The summed E-state index contributed by atoms with van der Waals surface area (Å²) < 4.78 is 5.29. The SMILES string of the molecule is COc1cc(C)nc(CNC2CCCC(C)(C)C2)c1. The van der Waals surface area contributed by atoms with Crippen LogP contribution in [0.4, 0.5) is 0 Å². The maximum absolute atomic E-state index is 5.29. The highest BCUT2D eigenvalue weighted by atomic mass is 16.5. The predicted octanol–water partition coefficient (Wildman–Crippen LogP) is 3.46. The zero-order valence-corrected chi connectivity index (χ0v) is 12.6. The summed E-state index contributed by atoms with van der Waals surface area (Å²) in [5, 5.41) is 3.65. The Labute approximate surface area is 116 Å². The predicted molar refractivity (Wildman–Crippen MR) is 78.4 cm³/mol. The molecule has 0 bridgehead atoms. The zero-order chi connectivity index (χ0) is 13.9. The van der Waals surface area contributed by atoms with Crippen molar-refractivity contribution in [3.8, 4) is 5.75 Å². The van der Waals surface area contributed by atoms with Gasteiger partial charge in [-0.1, -0.05) is 20.3 Å². The van der Waals surface area contributed by atoms with E-state index in [1.807, 2.05) is 19.1 Å². The fourth-order valence-corrected chi connectivity index (χ4v) is 3.03. The van der Waals surface area contributed by atoms with E-state index in [9.17, 15) is 0 Å². The van der Waals surface area contributed by atoms with Gasteiger partial charge < -0.3 is 10.1 Å². The van der Waals surface area contributed by atoms with Gasteiger partial charge in [0.25, 0.3) is 0 Å². The average molecular weight is 262 g/mol. The van der Waals surface area contributed by atoms with Crippen LogP contribution < -0.4 is 10.1 Å². The van der Waals surface area contributed by atoms with Crippen LogP contribution in [0.25, 0.3) is 0 Å². The molecule has 1 N–H and O–H groups in total. The van der Waals surface area contributed by atoms with Crippen LogP contribution in [0.15, 0.2) is 12.1 Å². The molecule has 3 nitrogen and oxygen atoms in total. The standard InChI is InChI=1S/C16H26N2O/c1-12-8-15(19-4)9-14(18-12)11-17-13-6-5-7-16(2,3)10-13/h8-9,13,17H,5-7,10-11H2,1-4H3. The molecule has 0 aliphatic heterocycles. The molecule has 1 aromatic heterocycles. The minimum Gasteiger partial charge on any atom is -0.497 e. The van der Waals surface area contributed by atoms with Gasteiger partial charge in [0.1, 0.15) is 5.75 Å². The summed E-state index contributed by atoms with van der Waals surface area (Å²) in [6, 6.07) is 4.61.